The molecule has 0 fully saturated rings. The summed E-state index contributed by atoms with van der Waals surface area (Å²) in [5, 5.41) is 2.88. The van der Waals surface area contributed by atoms with Crippen LogP contribution in [0.2, 0.25) is 0 Å². The zero-order chi connectivity index (χ0) is 23.6. The maximum atomic E-state index is 14.0. The highest BCUT2D eigenvalue weighted by atomic mass is 19.3. The summed E-state index contributed by atoms with van der Waals surface area (Å²) in [5.74, 6) is -3.13. The van der Waals surface area contributed by atoms with E-state index in [-0.39, 0.29) is 29.7 Å². The molecule has 0 spiro atoms. The zero-order valence-corrected chi connectivity index (χ0v) is 18.9. The first-order valence-electron chi connectivity index (χ1n) is 10.4. The Morgan fingerprint density at radius 2 is 1.78 bits per heavy atom. The van der Waals surface area contributed by atoms with Crippen LogP contribution in [0.3, 0.4) is 0 Å². The van der Waals surface area contributed by atoms with Crippen LogP contribution in [0.15, 0.2) is 36.4 Å². The molecule has 0 aromatic heterocycles. The number of nitrogens with zero attached hydrogens (tertiary/aromatic N) is 1. The second-order valence-electron chi connectivity index (χ2n) is 8.38. The number of hydrogen-bond donors (Lipinski definition) is 1. The van der Waals surface area contributed by atoms with Gasteiger partial charge in [-0.3, -0.25) is 9.59 Å². The molecule has 0 saturated heterocycles. The highest BCUT2D eigenvalue weighted by Gasteiger charge is 2.37. The molecule has 0 bridgehead atoms. The molecule has 0 aliphatic carbocycles. The van der Waals surface area contributed by atoms with Gasteiger partial charge in [-0.1, -0.05) is 12.1 Å². The van der Waals surface area contributed by atoms with Crippen LogP contribution in [0.25, 0.3) is 0 Å². The molecule has 2 amide bonds. The lowest BCUT2D eigenvalue weighted by molar-refractivity contribution is -0.103. The number of carbonyl (C=O) groups is 2. The van der Waals surface area contributed by atoms with Gasteiger partial charge in [0.05, 0.1) is 18.8 Å². The number of hydrogen-bond acceptors (Lipinski definition) is 4. The summed E-state index contributed by atoms with van der Waals surface area (Å²) in [6.07, 6.45) is -0.135. The number of nitrogens with one attached hydrogen (secondary N) is 1. The van der Waals surface area contributed by atoms with Gasteiger partial charge < -0.3 is 19.7 Å². The van der Waals surface area contributed by atoms with Crippen molar-refractivity contribution in [2.45, 2.75) is 45.4 Å². The summed E-state index contributed by atoms with van der Waals surface area (Å²) in [6.45, 7) is 4.92. The van der Waals surface area contributed by atoms with Crippen molar-refractivity contribution in [3.05, 3.63) is 64.2 Å². The van der Waals surface area contributed by atoms with Crippen LogP contribution in [0.1, 0.15) is 64.2 Å². The van der Waals surface area contributed by atoms with Gasteiger partial charge in [-0.25, -0.2) is 0 Å². The van der Waals surface area contributed by atoms with Crippen LogP contribution >= 0.6 is 0 Å². The number of rotatable bonds is 6. The number of benzene rings is 2. The predicted molar refractivity (Wildman–Crippen MR) is 116 cm³/mol. The van der Waals surface area contributed by atoms with Crippen molar-refractivity contribution in [2.24, 2.45) is 0 Å². The van der Waals surface area contributed by atoms with Crippen molar-refractivity contribution < 1.29 is 27.8 Å². The highest BCUT2D eigenvalue weighted by molar-refractivity contribution is 5.95. The average Bonchev–Trinajstić information content (AvgIpc) is 2.72. The zero-order valence-electron chi connectivity index (χ0n) is 18.9. The minimum Gasteiger partial charge on any atom is -0.491 e. The smallest absolute Gasteiger partial charge is 0.296 e. The van der Waals surface area contributed by atoms with Crippen LogP contribution < -0.4 is 10.1 Å². The molecule has 1 aliphatic heterocycles. The fourth-order valence-corrected chi connectivity index (χ4v) is 3.58. The molecule has 2 aromatic rings. The highest BCUT2D eigenvalue weighted by Crippen LogP contribution is 2.36. The fraction of sp³-hybridized carbons (Fsp3) is 0.417. The molecule has 0 radical (unpaired) electrons. The van der Waals surface area contributed by atoms with E-state index in [0.717, 1.165) is 0 Å². The van der Waals surface area contributed by atoms with Gasteiger partial charge in [0.2, 0.25) is 0 Å². The lowest BCUT2D eigenvalue weighted by Crippen LogP contribution is -2.30. The van der Waals surface area contributed by atoms with Crippen LogP contribution in [0.5, 0.6) is 5.75 Å². The number of amides is 2. The Kier molecular flexibility index (Phi) is 6.83. The van der Waals surface area contributed by atoms with Crippen LogP contribution in [0, 0.1) is 0 Å². The molecule has 3 rings (SSSR count). The van der Waals surface area contributed by atoms with Gasteiger partial charge in [0, 0.05) is 36.3 Å². The van der Waals surface area contributed by atoms with Gasteiger partial charge in [-0.05, 0) is 50.6 Å². The van der Waals surface area contributed by atoms with Crippen molar-refractivity contribution in [2.75, 3.05) is 20.7 Å². The Morgan fingerprint density at radius 3 is 2.44 bits per heavy atom. The third kappa shape index (κ3) is 5.07. The Morgan fingerprint density at radius 1 is 1.09 bits per heavy atom. The molecule has 1 atom stereocenters. The van der Waals surface area contributed by atoms with E-state index >= 15 is 0 Å². The quantitative estimate of drug-likeness (QED) is 0.719. The molecule has 6 nitrogen and oxygen atoms in total. The van der Waals surface area contributed by atoms with E-state index in [4.69, 9.17) is 9.47 Å². The monoisotopic (exact) mass is 446 g/mol. The summed E-state index contributed by atoms with van der Waals surface area (Å²) in [5.41, 5.74) is 1.64. The van der Waals surface area contributed by atoms with E-state index < -0.39 is 24.5 Å². The molecule has 172 valence electrons. The van der Waals surface area contributed by atoms with E-state index in [0.29, 0.717) is 22.4 Å². The summed E-state index contributed by atoms with van der Waals surface area (Å²) >= 11 is 0. The summed E-state index contributed by atoms with van der Waals surface area (Å²) in [6, 6.07) is 8.77. The molecule has 0 saturated carbocycles. The molecule has 2 aromatic carbocycles. The first-order chi connectivity index (χ1) is 15.0. The molecule has 1 heterocycles. The van der Waals surface area contributed by atoms with Crippen molar-refractivity contribution in [1.82, 2.24) is 10.2 Å². The number of carbonyl (C=O) groups excluding carboxylic acids is 2. The second-order valence-corrected chi connectivity index (χ2v) is 8.38. The first-order valence-corrected chi connectivity index (χ1v) is 10.4. The average molecular weight is 446 g/mol. The summed E-state index contributed by atoms with van der Waals surface area (Å²) in [4.78, 5) is 26.6. The second kappa shape index (κ2) is 9.24. The minimum atomic E-state index is -3.06. The number of halogens is 2. The van der Waals surface area contributed by atoms with Gasteiger partial charge in [-0.2, -0.15) is 8.78 Å². The lowest BCUT2D eigenvalue weighted by atomic mass is 9.97. The fourth-order valence-electron chi connectivity index (χ4n) is 3.58. The van der Waals surface area contributed by atoms with Gasteiger partial charge in [0.1, 0.15) is 12.4 Å². The van der Waals surface area contributed by atoms with Crippen LogP contribution in [0.4, 0.5) is 8.78 Å². The SMILES string of the molecule is CC(C)Oc1cc(C(=O)N(C)C)ccc1[C@H](C)NC(=O)c1ccc2c(c1)COCC2(F)F. The van der Waals surface area contributed by atoms with E-state index in [1.807, 2.05) is 13.8 Å². The topological polar surface area (TPSA) is 67.9 Å². The van der Waals surface area contributed by atoms with Gasteiger partial charge in [-0.15, -0.1) is 0 Å². The van der Waals surface area contributed by atoms with Crippen molar-refractivity contribution in [1.29, 1.82) is 0 Å². The van der Waals surface area contributed by atoms with Crippen LogP contribution in [-0.4, -0.2) is 43.5 Å². The maximum absolute atomic E-state index is 14.0. The predicted octanol–water partition coefficient (Wildman–Crippen LogP) is 4.29. The Hall–Kier alpha value is -3.00. The number of alkyl halides is 2. The van der Waals surface area contributed by atoms with E-state index in [1.54, 1.807) is 39.2 Å². The molecular formula is C24H28F2N2O4. The molecule has 32 heavy (non-hydrogen) atoms. The summed E-state index contributed by atoms with van der Waals surface area (Å²) < 4.78 is 38.8. The Bertz CT molecular complexity index is 1020. The summed E-state index contributed by atoms with van der Waals surface area (Å²) in [7, 11) is 3.34. The van der Waals surface area contributed by atoms with E-state index in [1.165, 1.54) is 23.1 Å². The largest absolute Gasteiger partial charge is 0.491 e. The Balaban J connectivity index is 1.84. The first kappa shape index (κ1) is 23.7. The van der Waals surface area contributed by atoms with Crippen molar-refractivity contribution >= 4 is 11.8 Å². The molecule has 8 heteroatoms. The maximum Gasteiger partial charge on any atom is 0.296 e. The normalized spacial score (nSPS) is 15.6. The Labute approximate surface area is 186 Å². The molecule has 1 aliphatic rings. The van der Waals surface area contributed by atoms with Gasteiger partial charge in [0.15, 0.2) is 0 Å². The van der Waals surface area contributed by atoms with Crippen molar-refractivity contribution in [3.8, 4) is 5.75 Å². The van der Waals surface area contributed by atoms with Crippen molar-refractivity contribution in [3.63, 3.8) is 0 Å². The number of ether oxygens (including phenoxy) is 2. The standard InChI is InChI=1S/C24H28F2N2O4/c1-14(2)32-21-11-17(23(30)28(4)5)6-8-19(21)15(3)27-22(29)16-7-9-20-18(10-16)12-31-13-24(20,25)26/h6-11,14-15H,12-13H2,1-5H3,(H,27,29)/t15-/m0/s1. The van der Waals surface area contributed by atoms with Gasteiger partial charge in [0.25, 0.3) is 17.7 Å². The molecular weight excluding hydrogens is 418 g/mol. The molecule has 0 unspecified atom stereocenters. The third-order valence-corrected chi connectivity index (χ3v) is 5.15. The number of fused-ring (bicyclic) bond motifs is 1. The van der Waals surface area contributed by atoms with E-state index in [9.17, 15) is 18.4 Å². The van der Waals surface area contributed by atoms with E-state index in [2.05, 4.69) is 5.32 Å². The van der Waals surface area contributed by atoms with Crippen LogP contribution in [-0.2, 0) is 17.3 Å². The van der Waals surface area contributed by atoms with Gasteiger partial charge >= 0.3 is 0 Å². The lowest BCUT2D eigenvalue weighted by Gasteiger charge is -2.26. The molecule has 1 N–H and O–H groups in total. The minimum absolute atomic E-state index is 0.0370. The third-order valence-electron chi connectivity index (χ3n) is 5.15.